The zero-order valence-electron chi connectivity index (χ0n) is 15.8. The summed E-state index contributed by atoms with van der Waals surface area (Å²) in [5.74, 6) is -0.255. The Morgan fingerprint density at radius 1 is 0.962 bits per heavy atom. The standard InChI is InChI=1S/C19H24N4O3/c1-20(2)15-8-6-14(7-9-15)13-22(5)19(24)17-12-16(23(25)26)10-11-18(17)21(3)4/h6-12H,13H2,1-5H3. The zero-order valence-corrected chi connectivity index (χ0v) is 15.8. The number of nitro groups is 1. The van der Waals surface area contributed by atoms with Gasteiger partial charge in [0.25, 0.3) is 11.6 Å². The predicted octanol–water partition coefficient (Wildman–Crippen LogP) is 3.00. The Bertz CT molecular complexity index is 801. The smallest absolute Gasteiger partial charge is 0.270 e. The molecule has 0 unspecified atom stereocenters. The number of nitro benzene ring substituents is 1. The van der Waals surface area contributed by atoms with Crippen molar-refractivity contribution in [3.05, 3.63) is 63.7 Å². The minimum atomic E-state index is -0.490. The predicted molar refractivity (Wildman–Crippen MR) is 104 cm³/mol. The molecule has 7 nitrogen and oxygen atoms in total. The molecular formula is C19H24N4O3. The van der Waals surface area contributed by atoms with Gasteiger partial charge < -0.3 is 14.7 Å². The second kappa shape index (κ2) is 7.86. The van der Waals surface area contributed by atoms with Crippen molar-refractivity contribution >= 4 is 23.0 Å². The van der Waals surface area contributed by atoms with Crippen LogP contribution in [0.15, 0.2) is 42.5 Å². The topological polar surface area (TPSA) is 69.9 Å². The number of benzene rings is 2. The van der Waals surface area contributed by atoms with E-state index in [9.17, 15) is 14.9 Å². The highest BCUT2D eigenvalue weighted by molar-refractivity contribution is 6.00. The molecule has 0 saturated heterocycles. The van der Waals surface area contributed by atoms with Crippen LogP contribution in [0.5, 0.6) is 0 Å². The monoisotopic (exact) mass is 356 g/mol. The number of nitrogens with zero attached hydrogens (tertiary/aromatic N) is 4. The SMILES string of the molecule is CN(Cc1ccc(N(C)C)cc1)C(=O)c1cc([N+](=O)[O-])ccc1N(C)C. The molecule has 7 heteroatoms. The second-order valence-corrected chi connectivity index (χ2v) is 6.58. The molecule has 138 valence electrons. The van der Waals surface area contributed by atoms with Crippen LogP contribution in [-0.4, -0.2) is 51.0 Å². The van der Waals surface area contributed by atoms with Crippen molar-refractivity contribution in [3.63, 3.8) is 0 Å². The maximum absolute atomic E-state index is 12.9. The van der Waals surface area contributed by atoms with E-state index in [0.717, 1.165) is 11.3 Å². The van der Waals surface area contributed by atoms with Crippen LogP contribution in [-0.2, 0) is 6.54 Å². The minimum absolute atomic E-state index is 0.0947. The number of carbonyl (C=O) groups is 1. The molecule has 2 aromatic carbocycles. The van der Waals surface area contributed by atoms with Crippen LogP contribution in [0.1, 0.15) is 15.9 Å². The van der Waals surface area contributed by atoms with Gasteiger partial charge in [-0.25, -0.2) is 0 Å². The van der Waals surface area contributed by atoms with E-state index < -0.39 is 4.92 Å². The maximum atomic E-state index is 12.9. The van der Waals surface area contributed by atoms with Crippen molar-refractivity contribution < 1.29 is 9.72 Å². The van der Waals surface area contributed by atoms with Gasteiger partial charge in [0.1, 0.15) is 0 Å². The third-order valence-corrected chi connectivity index (χ3v) is 4.12. The van der Waals surface area contributed by atoms with Gasteiger partial charge in [-0.2, -0.15) is 0 Å². The van der Waals surface area contributed by atoms with Crippen molar-refractivity contribution in [1.29, 1.82) is 0 Å². The van der Waals surface area contributed by atoms with Crippen molar-refractivity contribution in [2.75, 3.05) is 45.0 Å². The largest absolute Gasteiger partial charge is 0.378 e. The average molecular weight is 356 g/mol. The first-order valence-electron chi connectivity index (χ1n) is 8.18. The molecule has 26 heavy (non-hydrogen) atoms. The number of non-ortho nitro benzene ring substituents is 1. The van der Waals surface area contributed by atoms with Crippen LogP contribution in [0.4, 0.5) is 17.1 Å². The molecule has 0 aromatic heterocycles. The summed E-state index contributed by atoms with van der Waals surface area (Å²) in [5.41, 5.74) is 2.94. The maximum Gasteiger partial charge on any atom is 0.270 e. The van der Waals surface area contributed by atoms with E-state index in [-0.39, 0.29) is 11.6 Å². The van der Waals surface area contributed by atoms with Gasteiger partial charge in [0.15, 0.2) is 0 Å². The van der Waals surface area contributed by atoms with Gasteiger partial charge in [0.2, 0.25) is 0 Å². The number of carbonyl (C=O) groups excluding carboxylic acids is 1. The van der Waals surface area contributed by atoms with Crippen LogP contribution in [0, 0.1) is 10.1 Å². The highest BCUT2D eigenvalue weighted by atomic mass is 16.6. The summed E-state index contributed by atoms with van der Waals surface area (Å²) in [4.78, 5) is 28.8. The number of hydrogen-bond donors (Lipinski definition) is 0. The molecule has 0 N–H and O–H groups in total. The number of hydrogen-bond acceptors (Lipinski definition) is 5. The summed E-state index contributed by atoms with van der Waals surface area (Å²) >= 11 is 0. The fourth-order valence-electron chi connectivity index (χ4n) is 2.65. The first-order valence-corrected chi connectivity index (χ1v) is 8.18. The van der Waals surface area contributed by atoms with E-state index in [1.165, 1.54) is 12.1 Å². The molecule has 1 amide bonds. The molecule has 2 aromatic rings. The molecule has 0 bridgehead atoms. The van der Waals surface area contributed by atoms with Crippen molar-refractivity contribution in [2.24, 2.45) is 0 Å². The summed E-state index contributed by atoms with van der Waals surface area (Å²) in [5, 5.41) is 11.1. The van der Waals surface area contributed by atoms with E-state index >= 15 is 0 Å². The lowest BCUT2D eigenvalue weighted by Crippen LogP contribution is -2.28. The zero-order chi connectivity index (χ0) is 19.4. The summed E-state index contributed by atoms with van der Waals surface area (Å²) < 4.78 is 0. The Hall–Kier alpha value is -3.09. The Morgan fingerprint density at radius 2 is 1.58 bits per heavy atom. The summed E-state index contributed by atoms with van der Waals surface area (Å²) in [6.07, 6.45) is 0. The third-order valence-electron chi connectivity index (χ3n) is 4.12. The van der Waals surface area contributed by atoms with Gasteiger partial charge in [-0.3, -0.25) is 14.9 Å². The molecule has 0 saturated carbocycles. The van der Waals surface area contributed by atoms with Crippen LogP contribution in [0.2, 0.25) is 0 Å². The first kappa shape index (κ1) is 19.2. The summed E-state index contributed by atoms with van der Waals surface area (Å²) in [7, 11) is 9.24. The molecule has 0 heterocycles. The Labute approximate surface area is 153 Å². The van der Waals surface area contributed by atoms with E-state index in [2.05, 4.69) is 0 Å². The van der Waals surface area contributed by atoms with E-state index in [4.69, 9.17) is 0 Å². The summed E-state index contributed by atoms with van der Waals surface area (Å²) in [6.45, 7) is 0.419. The molecule has 0 fully saturated rings. The van der Waals surface area contributed by atoms with Crippen LogP contribution in [0.25, 0.3) is 0 Å². The highest BCUT2D eigenvalue weighted by Gasteiger charge is 2.21. The van der Waals surface area contributed by atoms with E-state index in [0.29, 0.717) is 17.8 Å². The van der Waals surface area contributed by atoms with Crippen LogP contribution < -0.4 is 9.80 Å². The quantitative estimate of drug-likeness (QED) is 0.588. The second-order valence-electron chi connectivity index (χ2n) is 6.58. The molecule has 0 aliphatic rings. The molecule has 0 spiro atoms. The Kier molecular flexibility index (Phi) is 5.82. The van der Waals surface area contributed by atoms with Gasteiger partial charge in [-0.15, -0.1) is 0 Å². The van der Waals surface area contributed by atoms with Crippen molar-refractivity contribution in [3.8, 4) is 0 Å². The number of amides is 1. The average Bonchev–Trinajstić information content (AvgIpc) is 2.60. The molecule has 2 rings (SSSR count). The summed E-state index contributed by atoms with van der Waals surface area (Å²) in [6, 6.07) is 12.3. The minimum Gasteiger partial charge on any atom is -0.378 e. The first-order chi connectivity index (χ1) is 12.2. The van der Waals surface area contributed by atoms with Gasteiger partial charge in [0, 0.05) is 65.3 Å². The van der Waals surface area contributed by atoms with Gasteiger partial charge in [-0.05, 0) is 23.8 Å². The van der Waals surface area contributed by atoms with Crippen molar-refractivity contribution in [1.82, 2.24) is 4.90 Å². The molecule has 0 aliphatic carbocycles. The van der Waals surface area contributed by atoms with Crippen molar-refractivity contribution in [2.45, 2.75) is 6.54 Å². The van der Waals surface area contributed by atoms with Gasteiger partial charge in [-0.1, -0.05) is 12.1 Å². The lowest BCUT2D eigenvalue weighted by Gasteiger charge is -2.22. The highest BCUT2D eigenvalue weighted by Crippen LogP contribution is 2.26. The fraction of sp³-hybridized carbons (Fsp3) is 0.316. The lowest BCUT2D eigenvalue weighted by atomic mass is 10.1. The van der Waals surface area contributed by atoms with Crippen LogP contribution >= 0.6 is 0 Å². The number of anilines is 2. The molecule has 0 aliphatic heterocycles. The van der Waals surface area contributed by atoms with E-state index in [1.807, 2.05) is 43.3 Å². The molecule has 0 radical (unpaired) electrons. The molecule has 0 atom stereocenters. The normalized spacial score (nSPS) is 10.3. The number of rotatable bonds is 6. The molecular weight excluding hydrogens is 332 g/mol. The van der Waals surface area contributed by atoms with Gasteiger partial charge in [0.05, 0.1) is 10.5 Å². The van der Waals surface area contributed by atoms with Gasteiger partial charge >= 0.3 is 0 Å². The van der Waals surface area contributed by atoms with E-state index in [1.54, 1.807) is 37.0 Å². The Balaban J connectivity index is 2.26. The third kappa shape index (κ3) is 4.30. The fourth-order valence-corrected chi connectivity index (χ4v) is 2.65. The van der Waals surface area contributed by atoms with Crippen LogP contribution in [0.3, 0.4) is 0 Å². The Morgan fingerprint density at radius 3 is 2.08 bits per heavy atom. The lowest BCUT2D eigenvalue weighted by molar-refractivity contribution is -0.384.